The molecule has 0 fully saturated rings. The van der Waals surface area contributed by atoms with Crippen molar-refractivity contribution in [2.75, 3.05) is 20.1 Å². The second-order valence-corrected chi connectivity index (χ2v) is 4.59. The molecule has 2 unspecified atom stereocenters. The van der Waals surface area contributed by atoms with Crippen LogP contribution in [0.25, 0.3) is 0 Å². The number of hydrogen-bond donors (Lipinski definition) is 2. The zero-order valence-electron chi connectivity index (χ0n) is 9.08. The molecule has 1 aromatic rings. The summed E-state index contributed by atoms with van der Waals surface area (Å²) in [5, 5.41) is 9.84. The van der Waals surface area contributed by atoms with Crippen molar-refractivity contribution in [3.63, 3.8) is 0 Å². The highest BCUT2D eigenvalue weighted by Crippen LogP contribution is 2.14. The van der Waals surface area contributed by atoms with Crippen LogP contribution in [0.3, 0.4) is 0 Å². The zero-order valence-corrected chi connectivity index (χ0v) is 9.90. The predicted molar refractivity (Wildman–Crippen MR) is 61.6 cm³/mol. The van der Waals surface area contributed by atoms with Gasteiger partial charge in [-0.15, -0.1) is 11.3 Å². The molecule has 1 heterocycles. The predicted octanol–water partition coefficient (Wildman–Crippen LogP) is 1.65. The first-order chi connectivity index (χ1) is 6.74. The molecule has 0 aliphatic rings. The Morgan fingerprint density at radius 1 is 1.43 bits per heavy atom. The van der Waals surface area contributed by atoms with Gasteiger partial charge in [0.25, 0.3) is 0 Å². The van der Waals surface area contributed by atoms with Gasteiger partial charge in [0, 0.05) is 11.6 Å². The fourth-order valence-corrected chi connectivity index (χ4v) is 2.00. The van der Waals surface area contributed by atoms with E-state index in [0.717, 1.165) is 13.1 Å². The van der Waals surface area contributed by atoms with Gasteiger partial charge in [-0.2, -0.15) is 0 Å². The van der Waals surface area contributed by atoms with E-state index in [9.17, 15) is 0 Å². The molecular weight excluding hydrogens is 194 g/mol. The van der Waals surface area contributed by atoms with Gasteiger partial charge in [0.2, 0.25) is 0 Å². The van der Waals surface area contributed by atoms with E-state index in [1.807, 2.05) is 18.6 Å². The molecule has 2 N–H and O–H groups in total. The number of rotatable bonds is 6. The van der Waals surface area contributed by atoms with Crippen molar-refractivity contribution in [1.82, 2.24) is 15.6 Å². The van der Waals surface area contributed by atoms with Crippen LogP contribution in [-0.4, -0.2) is 25.1 Å². The Balaban J connectivity index is 2.24. The first-order valence-electron chi connectivity index (χ1n) is 5.01. The van der Waals surface area contributed by atoms with Gasteiger partial charge in [-0.25, -0.2) is 4.98 Å². The van der Waals surface area contributed by atoms with Crippen LogP contribution in [0.5, 0.6) is 0 Å². The van der Waals surface area contributed by atoms with E-state index in [-0.39, 0.29) is 0 Å². The summed E-state index contributed by atoms with van der Waals surface area (Å²) in [6, 6.07) is 0.370. The molecular formula is C10H19N3S. The van der Waals surface area contributed by atoms with Gasteiger partial charge in [-0.1, -0.05) is 6.92 Å². The normalized spacial score (nSPS) is 15.4. The molecule has 1 rings (SSSR count). The summed E-state index contributed by atoms with van der Waals surface area (Å²) < 4.78 is 0. The van der Waals surface area contributed by atoms with Gasteiger partial charge >= 0.3 is 0 Å². The van der Waals surface area contributed by atoms with Gasteiger partial charge in [0.15, 0.2) is 0 Å². The lowest BCUT2D eigenvalue weighted by molar-refractivity contribution is 0.456. The molecule has 0 amide bonds. The summed E-state index contributed by atoms with van der Waals surface area (Å²) in [6.07, 6.45) is 1.86. The summed E-state index contributed by atoms with van der Waals surface area (Å²) in [7, 11) is 1.99. The average Bonchev–Trinajstić information content (AvgIpc) is 2.67. The third kappa shape index (κ3) is 3.74. The molecule has 0 saturated heterocycles. The van der Waals surface area contributed by atoms with E-state index < -0.39 is 0 Å². The molecule has 0 aliphatic carbocycles. The maximum absolute atomic E-state index is 4.28. The van der Waals surface area contributed by atoms with E-state index in [1.54, 1.807) is 11.3 Å². The summed E-state index contributed by atoms with van der Waals surface area (Å²) in [4.78, 5) is 4.28. The Morgan fingerprint density at radius 2 is 2.21 bits per heavy atom. The quantitative estimate of drug-likeness (QED) is 0.754. The van der Waals surface area contributed by atoms with Crippen molar-refractivity contribution in [1.29, 1.82) is 0 Å². The van der Waals surface area contributed by atoms with Gasteiger partial charge in [-0.05, 0) is 33.0 Å². The summed E-state index contributed by atoms with van der Waals surface area (Å²) >= 11 is 1.71. The SMILES string of the molecule is CNCC(C)CNC(C)c1nccs1. The van der Waals surface area contributed by atoms with Crippen LogP contribution in [-0.2, 0) is 0 Å². The fraction of sp³-hybridized carbons (Fsp3) is 0.700. The molecule has 80 valence electrons. The van der Waals surface area contributed by atoms with Gasteiger partial charge in [-0.3, -0.25) is 0 Å². The lowest BCUT2D eigenvalue weighted by Crippen LogP contribution is -2.29. The molecule has 2 atom stereocenters. The summed E-state index contributed by atoms with van der Waals surface area (Å²) in [6.45, 7) is 6.47. The average molecular weight is 213 g/mol. The maximum atomic E-state index is 4.28. The molecule has 0 spiro atoms. The summed E-state index contributed by atoms with van der Waals surface area (Å²) in [5.41, 5.74) is 0. The lowest BCUT2D eigenvalue weighted by atomic mass is 10.1. The van der Waals surface area contributed by atoms with E-state index in [2.05, 4.69) is 29.5 Å². The Labute approximate surface area is 89.9 Å². The van der Waals surface area contributed by atoms with Crippen LogP contribution in [0.4, 0.5) is 0 Å². The van der Waals surface area contributed by atoms with Gasteiger partial charge in [0.05, 0.1) is 6.04 Å². The highest BCUT2D eigenvalue weighted by Gasteiger charge is 2.08. The Morgan fingerprint density at radius 3 is 2.79 bits per heavy atom. The number of hydrogen-bond acceptors (Lipinski definition) is 4. The van der Waals surface area contributed by atoms with E-state index in [4.69, 9.17) is 0 Å². The molecule has 0 aliphatic heterocycles. The van der Waals surface area contributed by atoms with Crippen molar-refractivity contribution >= 4 is 11.3 Å². The number of nitrogens with one attached hydrogen (secondary N) is 2. The monoisotopic (exact) mass is 213 g/mol. The first-order valence-corrected chi connectivity index (χ1v) is 5.89. The van der Waals surface area contributed by atoms with Crippen molar-refractivity contribution in [3.05, 3.63) is 16.6 Å². The number of thiazole rings is 1. The third-order valence-electron chi connectivity index (χ3n) is 2.15. The van der Waals surface area contributed by atoms with Crippen molar-refractivity contribution in [2.24, 2.45) is 5.92 Å². The van der Waals surface area contributed by atoms with Gasteiger partial charge < -0.3 is 10.6 Å². The minimum absolute atomic E-state index is 0.370. The van der Waals surface area contributed by atoms with Crippen LogP contribution in [0, 0.1) is 5.92 Å². The second-order valence-electron chi connectivity index (χ2n) is 3.66. The second kappa shape index (κ2) is 6.11. The topological polar surface area (TPSA) is 37.0 Å². The van der Waals surface area contributed by atoms with Crippen LogP contribution in [0.2, 0.25) is 0 Å². The Bertz CT molecular complexity index is 236. The van der Waals surface area contributed by atoms with E-state index >= 15 is 0 Å². The molecule has 14 heavy (non-hydrogen) atoms. The smallest absolute Gasteiger partial charge is 0.109 e. The molecule has 0 aromatic carbocycles. The molecule has 0 radical (unpaired) electrons. The number of nitrogens with zero attached hydrogens (tertiary/aromatic N) is 1. The highest BCUT2D eigenvalue weighted by molar-refractivity contribution is 7.09. The molecule has 0 bridgehead atoms. The largest absolute Gasteiger partial charge is 0.319 e. The summed E-state index contributed by atoms with van der Waals surface area (Å²) in [5.74, 6) is 0.655. The van der Waals surface area contributed by atoms with Crippen LogP contribution >= 0.6 is 11.3 Å². The third-order valence-corrected chi connectivity index (χ3v) is 3.11. The lowest BCUT2D eigenvalue weighted by Gasteiger charge is -2.15. The van der Waals surface area contributed by atoms with Crippen LogP contribution in [0.1, 0.15) is 24.9 Å². The number of aromatic nitrogens is 1. The first kappa shape index (κ1) is 11.6. The fourth-order valence-electron chi connectivity index (χ4n) is 1.33. The Hall–Kier alpha value is -0.450. The van der Waals surface area contributed by atoms with Crippen LogP contribution in [0.15, 0.2) is 11.6 Å². The van der Waals surface area contributed by atoms with Crippen molar-refractivity contribution in [3.8, 4) is 0 Å². The molecule has 0 saturated carbocycles. The van der Waals surface area contributed by atoms with Gasteiger partial charge in [0.1, 0.15) is 5.01 Å². The highest BCUT2D eigenvalue weighted by atomic mass is 32.1. The minimum atomic E-state index is 0.370. The zero-order chi connectivity index (χ0) is 10.4. The van der Waals surface area contributed by atoms with E-state index in [0.29, 0.717) is 12.0 Å². The van der Waals surface area contributed by atoms with Crippen molar-refractivity contribution < 1.29 is 0 Å². The maximum Gasteiger partial charge on any atom is 0.109 e. The van der Waals surface area contributed by atoms with E-state index in [1.165, 1.54) is 5.01 Å². The van der Waals surface area contributed by atoms with Crippen LogP contribution < -0.4 is 10.6 Å². The van der Waals surface area contributed by atoms with Crippen molar-refractivity contribution in [2.45, 2.75) is 19.9 Å². The Kier molecular flexibility index (Phi) is 5.07. The molecule has 3 nitrogen and oxygen atoms in total. The molecule has 4 heteroatoms. The minimum Gasteiger partial charge on any atom is -0.319 e. The standard InChI is InChI=1S/C10H19N3S/c1-8(6-11-3)7-13-9(2)10-12-4-5-14-10/h4-5,8-9,11,13H,6-7H2,1-3H3. The molecule has 1 aromatic heterocycles.